The molecular weight excluding hydrogens is 304 g/mol. The van der Waals surface area contributed by atoms with Crippen molar-refractivity contribution in [3.8, 4) is 5.75 Å². The highest BCUT2D eigenvalue weighted by atomic mass is 32.2. The minimum absolute atomic E-state index is 0.194. The second-order valence-corrected chi connectivity index (χ2v) is 7.93. The zero-order chi connectivity index (χ0) is 15.9. The molecule has 7 heteroatoms. The van der Waals surface area contributed by atoms with Gasteiger partial charge in [0.05, 0.1) is 10.6 Å². The monoisotopic (exact) mass is 324 g/mol. The molecule has 1 N–H and O–H groups in total. The van der Waals surface area contributed by atoms with Crippen molar-refractivity contribution in [1.29, 1.82) is 0 Å². The first kappa shape index (κ1) is 15.3. The molecule has 6 nitrogen and oxygen atoms in total. The Morgan fingerprint density at radius 3 is 2.59 bits per heavy atom. The summed E-state index contributed by atoms with van der Waals surface area (Å²) < 4.78 is 32.4. The highest BCUT2D eigenvalue weighted by Crippen LogP contribution is 2.33. The van der Waals surface area contributed by atoms with Crippen LogP contribution >= 0.6 is 0 Å². The average Bonchev–Trinajstić information content (AvgIpc) is 2.48. The van der Waals surface area contributed by atoms with Gasteiger partial charge in [0, 0.05) is 13.1 Å². The summed E-state index contributed by atoms with van der Waals surface area (Å²) in [7, 11) is -3.52. The van der Waals surface area contributed by atoms with Gasteiger partial charge in [0.1, 0.15) is 5.75 Å². The lowest BCUT2D eigenvalue weighted by molar-refractivity contribution is -0.122. The minimum atomic E-state index is -3.52. The molecule has 1 saturated heterocycles. The van der Waals surface area contributed by atoms with Gasteiger partial charge in [-0.3, -0.25) is 4.79 Å². The van der Waals surface area contributed by atoms with Crippen LogP contribution in [0.25, 0.3) is 0 Å². The minimum Gasteiger partial charge on any atom is -0.479 e. The van der Waals surface area contributed by atoms with Crippen LogP contribution in [-0.4, -0.2) is 37.8 Å². The van der Waals surface area contributed by atoms with Crippen LogP contribution in [0.1, 0.15) is 26.7 Å². The van der Waals surface area contributed by atoms with Gasteiger partial charge in [0.2, 0.25) is 10.0 Å². The Morgan fingerprint density at radius 1 is 1.23 bits per heavy atom. The Kier molecular flexibility index (Phi) is 3.86. The number of piperidine rings is 1. The van der Waals surface area contributed by atoms with E-state index < -0.39 is 16.1 Å². The van der Waals surface area contributed by atoms with E-state index in [1.807, 2.05) is 0 Å². The number of carbonyl (C=O) groups is 1. The number of benzene rings is 1. The Bertz CT molecular complexity index is 693. The number of amides is 1. The number of carbonyl (C=O) groups excluding carboxylic acids is 1. The molecule has 0 aliphatic carbocycles. The van der Waals surface area contributed by atoms with Crippen molar-refractivity contribution < 1.29 is 17.9 Å². The molecule has 0 radical (unpaired) electrons. The van der Waals surface area contributed by atoms with E-state index in [-0.39, 0.29) is 10.8 Å². The molecule has 0 bridgehead atoms. The summed E-state index contributed by atoms with van der Waals surface area (Å²) in [5.74, 6) is 0.788. The number of sulfonamides is 1. The third-order valence-electron chi connectivity index (χ3n) is 4.26. The molecule has 2 aliphatic rings. The maximum atomic E-state index is 12.7. The van der Waals surface area contributed by atoms with Crippen molar-refractivity contribution in [3.63, 3.8) is 0 Å². The van der Waals surface area contributed by atoms with E-state index in [0.29, 0.717) is 30.4 Å². The quantitative estimate of drug-likeness (QED) is 0.900. The van der Waals surface area contributed by atoms with Crippen LogP contribution in [0.4, 0.5) is 5.69 Å². The van der Waals surface area contributed by atoms with Gasteiger partial charge in [-0.05, 0) is 43.9 Å². The normalized spacial score (nSPS) is 23.5. The number of hydrogen-bond donors (Lipinski definition) is 1. The predicted octanol–water partition coefficient (Wildman–Crippen LogP) is 1.83. The lowest BCUT2D eigenvalue weighted by atomic mass is 10.0. The molecule has 2 heterocycles. The van der Waals surface area contributed by atoms with E-state index in [1.165, 1.54) is 16.4 Å². The first-order valence-electron chi connectivity index (χ1n) is 7.49. The molecule has 1 aromatic rings. The van der Waals surface area contributed by atoms with Crippen molar-refractivity contribution in [2.45, 2.75) is 37.7 Å². The summed E-state index contributed by atoms with van der Waals surface area (Å²) in [4.78, 5) is 11.9. The second-order valence-electron chi connectivity index (χ2n) is 5.99. The number of ether oxygens (including phenoxy) is 1. The van der Waals surface area contributed by atoms with Gasteiger partial charge in [-0.15, -0.1) is 0 Å². The third-order valence-corrected chi connectivity index (χ3v) is 6.16. The third kappa shape index (κ3) is 2.70. The van der Waals surface area contributed by atoms with Gasteiger partial charge in [0.15, 0.2) is 6.10 Å². The summed E-state index contributed by atoms with van der Waals surface area (Å²) in [6.07, 6.45) is 1.18. The molecule has 1 fully saturated rings. The Hall–Kier alpha value is -1.60. The van der Waals surface area contributed by atoms with Gasteiger partial charge in [-0.25, -0.2) is 8.42 Å². The number of nitrogens with zero attached hydrogens (tertiary/aromatic N) is 1. The number of rotatable bonds is 2. The molecule has 0 unspecified atom stereocenters. The van der Waals surface area contributed by atoms with Crippen LogP contribution in [0.15, 0.2) is 23.1 Å². The number of nitrogens with one attached hydrogen (secondary N) is 1. The smallest absolute Gasteiger partial charge is 0.265 e. The van der Waals surface area contributed by atoms with Gasteiger partial charge < -0.3 is 10.1 Å². The molecule has 0 saturated carbocycles. The Morgan fingerprint density at radius 2 is 1.91 bits per heavy atom. The molecule has 22 heavy (non-hydrogen) atoms. The largest absolute Gasteiger partial charge is 0.479 e. The van der Waals surface area contributed by atoms with Gasteiger partial charge in [-0.2, -0.15) is 4.31 Å². The number of anilines is 1. The lowest BCUT2D eigenvalue weighted by Crippen LogP contribution is -2.38. The molecule has 0 spiro atoms. The van der Waals surface area contributed by atoms with Crippen molar-refractivity contribution in [3.05, 3.63) is 18.2 Å². The van der Waals surface area contributed by atoms with Crippen LogP contribution in [0, 0.1) is 5.92 Å². The maximum absolute atomic E-state index is 12.7. The zero-order valence-corrected chi connectivity index (χ0v) is 13.5. The summed E-state index contributed by atoms with van der Waals surface area (Å²) in [5, 5.41) is 2.69. The van der Waals surface area contributed by atoms with Crippen LogP contribution in [-0.2, 0) is 14.8 Å². The highest BCUT2D eigenvalue weighted by Gasteiger charge is 2.30. The summed E-state index contributed by atoms with van der Waals surface area (Å²) in [6.45, 7) is 4.87. The summed E-state index contributed by atoms with van der Waals surface area (Å²) >= 11 is 0. The van der Waals surface area contributed by atoms with E-state index in [0.717, 1.165) is 12.8 Å². The summed E-state index contributed by atoms with van der Waals surface area (Å²) in [6, 6.07) is 4.62. The topological polar surface area (TPSA) is 75.7 Å². The molecule has 1 amide bonds. The molecule has 1 aromatic carbocycles. The summed E-state index contributed by atoms with van der Waals surface area (Å²) in [5.41, 5.74) is 0.412. The van der Waals surface area contributed by atoms with Crippen molar-refractivity contribution in [1.82, 2.24) is 4.31 Å². The van der Waals surface area contributed by atoms with E-state index >= 15 is 0 Å². The maximum Gasteiger partial charge on any atom is 0.265 e. The van der Waals surface area contributed by atoms with E-state index in [9.17, 15) is 13.2 Å². The van der Waals surface area contributed by atoms with Gasteiger partial charge in [-0.1, -0.05) is 6.92 Å². The van der Waals surface area contributed by atoms with E-state index in [4.69, 9.17) is 4.74 Å². The first-order chi connectivity index (χ1) is 10.4. The average molecular weight is 324 g/mol. The van der Waals surface area contributed by atoms with Crippen molar-refractivity contribution in [2.24, 2.45) is 5.92 Å². The molecule has 0 aromatic heterocycles. The van der Waals surface area contributed by atoms with Gasteiger partial charge >= 0.3 is 0 Å². The molecule has 2 aliphatic heterocycles. The molecule has 3 rings (SSSR count). The molecule has 120 valence electrons. The fourth-order valence-corrected chi connectivity index (χ4v) is 4.22. The fourth-order valence-electron chi connectivity index (χ4n) is 2.72. The van der Waals surface area contributed by atoms with Crippen LogP contribution in [0.2, 0.25) is 0 Å². The van der Waals surface area contributed by atoms with Crippen LogP contribution < -0.4 is 10.1 Å². The highest BCUT2D eigenvalue weighted by molar-refractivity contribution is 7.89. The second kappa shape index (κ2) is 5.55. The molecular formula is C15H20N2O4S. The van der Waals surface area contributed by atoms with Gasteiger partial charge in [0.25, 0.3) is 5.91 Å². The number of fused-ring (bicyclic) bond motifs is 1. The Balaban J connectivity index is 1.89. The predicted molar refractivity (Wildman–Crippen MR) is 82.3 cm³/mol. The lowest BCUT2D eigenvalue weighted by Gasteiger charge is -2.30. The van der Waals surface area contributed by atoms with Crippen LogP contribution in [0.3, 0.4) is 0 Å². The zero-order valence-electron chi connectivity index (χ0n) is 12.7. The van der Waals surface area contributed by atoms with Crippen molar-refractivity contribution >= 4 is 21.6 Å². The van der Waals surface area contributed by atoms with Crippen LogP contribution in [0.5, 0.6) is 5.75 Å². The Labute approximate surface area is 130 Å². The number of hydrogen-bond acceptors (Lipinski definition) is 4. The standard InChI is InChI=1S/C15H20N2O4S/c1-10-5-7-17(8-6-10)22(19,20)12-3-4-14-13(9-12)16-15(18)11(2)21-14/h3-4,9-11H,5-8H2,1-2H3,(H,16,18)/t11-/m1/s1. The fraction of sp³-hybridized carbons (Fsp3) is 0.533. The molecule has 1 atom stereocenters. The van der Waals surface area contributed by atoms with Crippen molar-refractivity contribution in [2.75, 3.05) is 18.4 Å². The van der Waals surface area contributed by atoms with E-state index in [2.05, 4.69) is 12.2 Å². The SMILES string of the molecule is CC1CCN(S(=O)(=O)c2ccc3c(c2)NC(=O)[C@@H](C)O3)CC1. The first-order valence-corrected chi connectivity index (χ1v) is 8.93. The van der Waals surface area contributed by atoms with E-state index in [1.54, 1.807) is 13.0 Å².